The minimum absolute atomic E-state index is 0.177. The molecule has 0 radical (unpaired) electrons. The number of hydrogen-bond acceptors (Lipinski definition) is 3. The van der Waals surface area contributed by atoms with Crippen LogP contribution in [0.4, 0.5) is 0 Å². The van der Waals surface area contributed by atoms with Crippen LogP contribution in [0.15, 0.2) is 109 Å². The van der Waals surface area contributed by atoms with Crippen LogP contribution in [0.5, 0.6) is 11.5 Å². The number of benzene rings is 3. The largest absolute Gasteiger partial charge is 0.496 e. The van der Waals surface area contributed by atoms with Gasteiger partial charge < -0.3 is 14.5 Å². The third-order valence-electron chi connectivity index (χ3n) is 6.97. The van der Waals surface area contributed by atoms with Crippen molar-refractivity contribution in [2.24, 2.45) is 0 Å². The Morgan fingerprint density at radius 2 is 1.80 bits per heavy atom. The molecule has 0 saturated heterocycles. The molecule has 3 aromatic carbocycles. The molecule has 5 nitrogen and oxygen atoms in total. The topological polar surface area (TPSA) is 62.9 Å². The summed E-state index contributed by atoms with van der Waals surface area (Å²) in [6.45, 7) is 0. The summed E-state index contributed by atoms with van der Waals surface area (Å²) in [5.41, 5.74) is 7.26. The Labute approximate surface area is 234 Å². The van der Waals surface area contributed by atoms with Gasteiger partial charge in [0.05, 0.1) is 18.5 Å². The Bertz CT molecular complexity index is 1720. The highest BCUT2D eigenvalue weighted by atomic mass is 16.5. The molecular formula is C35H31N3O2. The number of rotatable bonds is 9. The molecule has 1 aliphatic carbocycles. The highest BCUT2D eigenvalue weighted by molar-refractivity contribution is 5.83. The first-order valence-electron chi connectivity index (χ1n) is 13.5. The van der Waals surface area contributed by atoms with Gasteiger partial charge in [-0.05, 0) is 83.5 Å². The number of nitrogens with one attached hydrogen (secondary N) is 2. The zero-order valence-electron chi connectivity index (χ0n) is 22.4. The molecule has 1 aliphatic rings. The summed E-state index contributed by atoms with van der Waals surface area (Å²) >= 11 is 0. The van der Waals surface area contributed by atoms with Gasteiger partial charge in [0.15, 0.2) is 0 Å². The van der Waals surface area contributed by atoms with Crippen molar-refractivity contribution in [3.05, 3.63) is 137 Å². The molecule has 40 heavy (non-hydrogen) atoms. The van der Waals surface area contributed by atoms with Crippen LogP contribution in [0.1, 0.15) is 47.0 Å². The molecule has 5 aromatic rings. The van der Waals surface area contributed by atoms with Crippen molar-refractivity contribution in [3.8, 4) is 11.5 Å². The van der Waals surface area contributed by atoms with E-state index in [0.717, 1.165) is 57.9 Å². The molecule has 2 N–H and O–H groups in total. The molecule has 0 spiro atoms. The number of aromatic nitrogens is 3. The Morgan fingerprint density at radius 1 is 0.875 bits per heavy atom. The zero-order valence-corrected chi connectivity index (χ0v) is 22.4. The average molecular weight is 526 g/mol. The fraction of sp³-hybridized carbons (Fsp3) is 0.114. The molecule has 0 fully saturated rings. The van der Waals surface area contributed by atoms with Crippen LogP contribution in [0, 0.1) is 0 Å². The Morgan fingerprint density at radius 3 is 2.65 bits per heavy atom. The summed E-state index contributed by atoms with van der Waals surface area (Å²) in [6.07, 6.45) is 18.6. The van der Waals surface area contributed by atoms with E-state index in [4.69, 9.17) is 9.47 Å². The van der Waals surface area contributed by atoms with E-state index >= 15 is 0 Å². The van der Waals surface area contributed by atoms with E-state index in [0.29, 0.717) is 0 Å². The Hall–Kier alpha value is -5.03. The minimum Gasteiger partial charge on any atom is -0.496 e. The van der Waals surface area contributed by atoms with Gasteiger partial charge in [0.25, 0.3) is 0 Å². The highest BCUT2D eigenvalue weighted by Gasteiger charge is 2.18. The van der Waals surface area contributed by atoms with Crippen molar-refractivity contribution in [2.75, 3.05) is 7.11 Å². The highest BCUT2D eigenvalue weighted by Crippen LogP contribution is 2.34. The van der Waals surface area contributed by atoms with Gasteiger partial charge in [0.1, 0.15) is 17.6 Å². The first kappa shape index (κ1) is 25.3. The third kappa shape index (κ3) is 5.84. The lowest BCUT2D eigenvalue weighted by Gasteiger charge is -2.23. The van der Waals surface area contributed by atoms with Crippen molar-refractivity contribution >= 4 is 35.2 Å². The zero-order chi connectivity index (χ0) is 27.1. The van der Waals surface area contributed by atoms with E-state index < -0.39 is 0 Å². The maximum atomic E-state index is 6.54. The predicted octanol–water partition coefficient (Wildman–Crippen LogP) is 8.64. The number of fused-ring (bicyclic) bond motifs is 1. The lowest BCUT2D eigenvalue weighted by atomic mass is 9.96. The summed E-state index contributed by atoms with van der Waals surface area (Å²) < 4.78 is 12.3. The van der Waals surface area contributed by atoms with Gasteiger partial charge in [-0.2, -0.15) is 5.10 Å². The maximum Gasteiger partial charge on any atom is 0.149 e. The standard InChI is InChI=1S/C35H31N3O2/c1-39-34-24-32(40-35(28-8-4-2-5-9-28)29-10-6-3-7-11-29)19-16-27(34)15-18-31-23-30(37-38-31)17-13-25-12-14-26-20-21-36-33(26)22-25/h2,4-6,8-24,35-36H,3,7H2,1H3,(H,37,38)/b17-13+,18-15+. The first-order valence-corrected chi connectivity index (χ1v) is 13.5. The quantitative estimate of drug-likeness (QED) is 0.202. The number of allylic oxidation sites excluding steroid dienone is 2. The smallest absolute Gasteiger partial charge is 0.149 e. The molecular weight excluding hydrogens is 494 g/mol. The number of aromatic amines is 2. The SMILES string of the molecule is COc1cc(OC(C2=CCCC=C2)c2ccccc2)ccc1/C=C/c1cc(/C=C/c2ccc3cc[nH]c3c2)[nH]n1. The lowest BCUT2D eigenvalue weighted by molar-refractivity contribution is 0.244. The molecule has 5 heteroatoms. The average Bonchev–Trinajstić information content (AvgIpc) is 3.68. The van der Waals surface area contributed by atoms with Crippen LogP contribution in [0.25, 0.3) is 35.2 Å². The molecule has 1 unspecified atom stereocenters. The Balaban J connectivity index is 1.17. The number of H-pyrrole nitrogens is 2. The third-order valence-corrected chi connectivity index (χ3v) is 6.97. The van der Waals surface area contributed by atoms with E-state index in [1.165, 1.54) is 11.0 Å². The molecule has 198 valence electrons. The number of methoxy groups -OCH3 is 1. The summed E-state index contributed by atoms with van der Waals surface area (Å²) in [7, 11) is 1.68. The number of ether oxygens (including phenoxy) is 2. The predicted molar refractivity (Wildman–Crippen MR) is 164 cm³/mol. The Kier molecular flexibility index (Phi) is 7.44. The molecule has 2 aromatic heterocycles. The van der Waals surface area contributed by atoms with Gasteiger partial charge in [0, 0.05) is 23.3 Å². The van der Waals surface area contributed by atoms with Crippen LogP contribution in [-0.2, 0) is 0 Å². The van der Waals surface area contributed by atoms with Crippen LogP contribution >= 0.6 is 0 Å². The molecule has 0 amide bonds. The maximum absolute atomic E-state index is 6.54. The summed E-state index contributed by atoms with van der Waals surface area (Å²) in [5.74, 6) is 1.50. The van der Waals surface area contributed by atoms with E-state index in [-0.39, 0.29) is 6.10 Å². The lowest BCUT2D eigenvalue weighted by Crippen LogP contribution is -2.11. The van der Waals surface area contributed by atoms with Crippen LogP contribution in [0.3, 0.4) is 0 Å². The summed E-state index contributed by atoms with van der Waals surface area (Å²) in [6, 6.07) is 26.7. The van der Waals surface area contributed by atoms with Crippen molar-refractivity contribution < 1.29 is 9.47 Å². The minimum atomic E-state index is -0.177. The summed E-state index contributed by atoms with van der Waals surface area (Å²) in [5, 5.41) is 8.73. The molecule has 0 aliphatic heterocycles. The second kappa shape index (κ2) is 11.8. The van der Waals surface area contributed by atoms with E-state index in [9.17, 15) is 0 Å². The van der Waals surface area contributed by atoms with E-state index in [2.05, 4.69) is 75.9 Å². The van der Waals surface area contributed by atoms with Gasteiger partial charge in [-0.1, -0.05) is 66.8 Å². The molecule has 0 saturated carbocycles. The van der Waals surface area contributed by atoms with Crippen LogP contribution < -0.4 is 9.47 Å². The van der Waals surface area contributed by atoms with Crippen molar-refractivity contribution in [1.82, 2.24) is 15.2 Å². The van der Waals surface area contributed by atoms with Gasteiger partial charge in [-0.3, -0.25) is 5.10 Å². The fourth-order valence-electron chi connectivity index (χ4n) is 4.88. The molecule has 2 heterocycles. The molecule has 1 atom stereocenters. The second-order valence-corrected chi connectivity index (χ2v) is 9.74. The van der Waals surface area contributed by atoms with Crippen molar-refractivity contribution in [1.29, 1.82) is 0 Å². The normalized spacial score (nSPS) is 14.2. The first-order chi connectivity index (χ1) is 19.7. The molecule has 0 bridgehead atoms. The summed E-state index contributed by atoms with van der Waals surface area (Å²) in [4.78, 5) is 3.25. The van der Waals surface area contributed by atoms with Gasteiger partial charge in [-0.25, -0.2) is 0 Å². The second-order valence-electron chi connectivity index (χ2n) is 9.74. The fourth-order valence-corrected chi connectivity index (χ4v) is 4.88. The number of nitrogens with zero attached hydrogens (tertiary/aromatic N) is 1. The van der Waals surface area contributed by atoms with Crippen molar-refractivity contribution in [2.45, 2.75) is 18.9 Å². The van der Waals surface area contributed by atoms with Gasteiger partial charge >= 0.3 is 0 Å². The van der Waals surface area contributed by atoms with Gasteiger partial charge in [-0.15, -0.1) is 0 Å². The van der Waals surface area contributed by atoms with Crippen LogP contribution in [-0.4, -0.2) is 22.3 Å². The van der Waals surface area contributed by atoms with Crippen LogP contribution in [0.2, 0.25) is 0 Å². The molecule has 6 rings (SSSR count). The monoisotopic (exact) mass is 525 g/mol. The van der Waals surface area contributed by atoms with Crippen molar-refractivity contribution in [3.63, 3.8) is 0 Å². The van der Waals surface area contributed by atoms with E-state index in [1.807, 2.05) is 66.9 Å². The number of hydrogen-bond donors (Lipinski definition) is 2. The van der Waals surface area contributed by atoms with Gasteiger partial charge in [0.2, 0.25) is 0 Å². The van der Waals surface area contributed by atoms with E-state index in [1.54, 1.807) is 7.11 Å².